The van der Waals surface area contributed by atoms with Crippen LogP contribution in [-0.4, -0.2) is 30.1 Å². The molecule has 0 aliphatic rings. The first-order valence-electron chi connectivity index (χ1n) is 7.18. The van der Waals surface area contributed by atoms with E-state index < -0.39 is 24.4 Å². The number of esters is 1. The van der Waals surface area contributed by atoms with E-state index in [1.807, 2.05) is 0 Å². The maximum Gasteiger partial charge on any atom is 0.338 e. The molecule has 0 bridgehead atoms. The largest absolute Gasteiger partial charge is 0.452 e. The summed E-state index contributed by atoms with van der Waals surface area (Å²) < 4.78 is 4.96. The Morgan fingerprint density at radius 2 is 1.88 bits per heavy atom. The number of carbonyl (C=O) groups excluding carboxylic acids is 3. The Hall–Kier alpha value is -2.51. The number of nitrogens with one attached hydrogen (secondary N) is 1. The maximum atomic E-state index is 12.0. The van der Waals surface area contributed by atoms with E-state index in [1.165, 1.54) is 17.8 Å². The molecule has 0 atom stereocenters. The number of primary amides is 1. The molecule has 2 amide bonds. The third-order valence-corrected chi connectivity index (χ3v) is 4.26. The fraction of sp³-hybridized carbons (Fsp3) is 0.118. The first-order valence-corrected chi connectivity index (χ1v) is 8.55. The first-order chi connectivity index (χ1) is 12.0. The number of halogens is 1. The Bertz CT molecular complexity index is 798. The van der Waals surface area contributed by atoms with Crippen LogP contribution >= 0.6 is 23.4 Å². The van der Waals surface area contributed by atoms with Crippen molar-refractivity contribution in [2.45, 2.75) is 4.90 Å². The van der Waals surface area contributed by atoms with Crippen molar-refractivity contribution in [3.8, 4) is 0 Å². The Balaban J connectivity index is 1.92. The van der Waals surface area contributed by atoms with Crippen molar-refractivity contribution in [2.75, 3.05) is 17.7 Å². The van der Waals surface area contributed by atoms with Gasteiger partial charge in [-0.05, 0) is 30.3 Å². The second kappa shape index (κ2) is 9.10. The van der Waals surface area contributed by atoms with Gasteiger partial charge in [0.25, 0.3) is 5.91 Å². The van der Waals surface area contributed by atoms with Crippen LogP contribution < -0.4 is 11.1 Å². The lowest BCUT2D eigenvalue weighted by Crippen LogP contribution is -2.21. The van der Waals surface area contributed by atoms with Crippen LogP contribution in [0.5, 0.6) is 0 Å². The number of rotatable bonds is 7. The molecule has 0 aliphatic heterocycles. The summed E-state index contributed by atoms with van der Waals surface area (Å²) in [6.07, 6.45) is 0. The summed E-state index contributed by atoms with van der Waals surface area (Å²) in [6.45, 7) is -0.444. The van der Waals surface area contributed by atoms with Crippen molar-refractivity contribution in [2.24, 2.45) is 5.73 Å². The number of amides is 2. The lowest BCUT2D eigenvalue weighted by Gasteiger charge is -2.10. The molecule has 0 aliphatic carbocycles. The molecule has 2 rings (SSSR count). The van der Waals surface area contributed by atoms with E-state index >= 15 is 0 Å². The third kappa shape index (κ3) is 6.13. The molecule has 0 unspecified atom stereocenters. The normalized spacial score (nSPS) is 10.1. The highest BCUT2D eigenvalue weighted by molar-refractivity contribution is 8.00. The molecule has 2 aromatic rings. The van der Waals surface area contributed by atoms with Crippen LogP contribution in [-0.2, 0) is 14.3 Å². The molecule has 0 saturated carbocycles. The average Bonchev–Trinajstić information content (AvgIpc) is 2.59. The van der Waals surface area contributed by atoms with Crippen molar-refractivity contribution in [3.63, 3.8) is 0 Å². The molecule has 0 heterocycles. The predicted octanol–water partition coefficient (Wildman–Crippen LogP) is 2.71. The molecule has 25 heavy (non-hydrogen) atoms. The Labute approximate surface area is 153 Å². The van der Waals surface area contributed by atoms with Crippen molar-refractivity contribution in [3.05, 3.63) is 59.1 Å². The van der Waals surface area contributed by atoms with Gasteiger partial charge in [-0.15, -0.1) is 11.8 Å². The van der Waals surface area contributed by atoms with Crippen LogP contribution in [0.3, 0.4) is 0 Å². The first kappa shape index (κ1) is 18.8. The van der Waals surface area contributed by atoms with Crippen LogP contribution in [0, 0.1) is 0 Å². The van der Waals surface area contributed by atoms with Crippen molar-refractivity contribution in [1.29, 1.82) is 0 Å². The van der Waals surface area contributed by atoms with Crippen LogP contribution in [0.15, 0.2) is 53.4 Å². The monoisotopic (exact) mass is 378 g/mol. The van der Waals surface area contributed by atoms with Crippen LogP contribution in [0.2, 0.25) is 5.02 Å². The number of carbonyl (C=O) groups is 3. The number of hydrogen-bond donors (Lipinski definition) is 2. The number of benzene rings is 2. The minimum atomic E-state index is -0.644. The lowest BCUT2D eigenvalue weighted by molar-refractivity contribution is -0.119. The van der Waals surface area contributed by atoms with E-state index in [0.29, 0.717) is 15.6 Å². The zero-order chi connectivity index (χ0) is 18.2. The second-order valence-electron chi connectivity index (χ2n) is 4.89. The lowest BCUT2D eigenvalue weighted by atomic mass is 10.2. The van der Waals surface area contributed by atoms with E-state index in [9.17, 15) is 14.4 Å². The van der Waals surface area contributed by atoms with Gasteiger partial charge in [0.15, 0.2) is 6.61 Å². The zero-order valence-electron chi connectivity index (χ0n) is 13.0. The van der Waals surface area contributed by atoms with Gasteiger partial charge in [-0.2, -0.15) is 0 Å². The highest BCUT2D eigenvalue weighted by Gasteiger charge is 2.12. The average molecular weight is 379 g/mol. The molecular weight excluding hydrogens is 364 g/mol. The molecule has 0 spiro atoms. The molecule has 3 N–H and O–H groups in total. The summed E-state index contributed by atoms with van der Waals surface area (Å²) in [5.74, 6) is -1.51. The highest BCUT2D eigenvalue weighted by atomic mass is 35.5. The van der Waals surface area contributed by atoms with E-state index in [4.69, 9.17) is 22.1 Å². The summed E-state index contributed by atoms with van der Waals surface area (Å²) in [5, 5.41) is 3.04. The van der Waals surface area contributed by atoms with Gasteiger partial charge in [0.2, 0.25) is 5.91 Å². The number of para-hydroxylation sites is 1. The van der Waals surface area contributed by atoms with Crippen molar-refractivity contribution < 1.29 is 19.1 Å². The Kier molecular flexibility index (Phi) is 6.85. The summed E-state index contributed by atoms with van der Waals surface area (Å²) in [6, 6.07) is 13.2. The molecule has 0 saturated heterocycles. The van der Waals surface area contributed by atoms with E-state index in [-0.39, 0.29) is 11.3 Å². The highest BCUT2D eigenvalue weighted by Crippen LogP contribution is 2.26. The smallest absolute Gasteiger partial charge is 0.338 e. The standard InChI is InChI=1S/C17H15ClN2O4S/c18-12-5-3-4-11(8-12)17(23)24-9-16(22)20-13-6-1-2-7-14(13)25-10-15(19)21/h1-8H,9-10H2,(H2,19,21)(H,20,22). The number of anilines is 1. The quantitative estimate of drug-likeness (QED) is 0.570. The fourth-order valence-electron chi connectivity index (χ4n) is 1.86. The number of thioether (sulfide) groups is 1. The van der Waals surface area contributed by atoms with Crippen LogP contribution in [0.1, 0.15) is 10.4 Å². The van der Waals surface area contributed by atoms with Gasteiger partial charge in [-0.25, -0.2) is 4.79 Å². The SMILES string of the molecule is NC(=O)CSc1ccccc1NC(=O)COC(=O)c1cccc(Cl)c1. The number of hydrogen-bond acceptors (Lipinski definition) is 5. The van der Waals surface area contributed by atoms with Crippen LogP contribution in [0.4, 0.5) is 5.69 Å². The summed E-state index contributed by atoms with van der Waals surface area (Å²) in [5.41, 5.74) is 5.90. The molecule has 2 aromatic carbocycles. The van der Waals surface area contributed by atoms with E-state index in [0.717, 1.165) is 0 Å². The molecular formula is C17H15ClN2O4S. The minimum Gasteiger partial charge on any atom is -0.452 e. The maximum absolute atomic E-state index is 12.0. The van der Waals surface area contributed by atoms with Gasteiger partial charge in [0.05, 0.1) is 17.0 Å². The summed E-state index contributed by atoms with van der Waals surface area (Å²) in [4.78, 5) is 35.5. The molecule has 6 nitrogen and oxygen atoms in total. The molecule has 0 fully saturated rings. The van der Waals surface area contributed by atoms with Gasteiger partial charge >= 0.3 is 5.97 Å². The van der Waals surface area contributed by atoms with Gasteiger partial charge in [0.1, 0.15) is 0 Å². The summed E-state index contributed by atoms with van der Waals surface area (Å²) in [7, 11) is 0. The third-order valence-electron chi connectivity index (χ3n) is 2.93. The van der Waals surface area contributed by atoms with Gasteiger partial charge in [0, 0.05) is 9.92 Å². The number of ether oxygens (including phenoxy) is 1. The fourth-order valence-corrected chi connectivity index (χ4v) is 2.80. The van der Waals surface area contributed by atoms with Gasteiger partial charge < -0.3 is 15.8 Å². The van der Waals surface area contributed by atoms with Crippen molar-refractivity contribution in [1.82, 2.24) is 0 Å². The molecule has 130 valence electrons. The topological polar surface area (TPSA) is 98.5 Å². The van der Waals surface area contributed by atoms with Crippen molar-refractivity contribution >= 4 is 46.8 Å². The minimum absolute atomic E-state index is 0.0939. The van der Waals surface area contributed by atoms with Crippen LogP contribution in [0.25, 0.3) is 0 Å². The Morgan fingerprint density at radius 1 is 1.12 bits per heavy atom. The molecule has 8 heteroatoms. The molecule has 0 aromatic heterocycles. The Morgan fingerprint density at radius 3 is 2.60 bits per heavy atom. The second-order valence-corrected chi connectivity index (χ2v) is 6.34. The van der Waals surface area contributed by atoms with E-state index in [1.54, 1.807) is 42.5 Å². The number of nitrogens with two attached hydrogens (primary N) is 1. The van der Waals surface area contributed by atoms with Gasteiger partial charge in [-0.3, -0.25) is 9.59 Å². The summed E-state index contributed by atoms with van der Waals surface area (Å²) >= 11 is 7.01. The zero-order valence-corrected chi connectivity index (χ0v) is 14.6. The van der Waals surface area contributed by atoms with E-state index in [2.05, 4.69) is 5.32 Å². The molecule has 0 radical (unpaired) electrons. The predicted molar refractivity (Wildman–Crippen MR) is 96.7 cm³/mol. The van der Waals surface area contributed by atoms with Gasteiger partial charge in [-0.1, -0.05) is 29.8 Å².